The van der Waals surface area contributed by atoms with Crippen molar-refractivity contribution in [3.63, 3.8) is 0 Å². The van der Waals surface area contributed by atoms with Crippen molar-refractivity contribution in [3.8, 4) is 17.1 Å². The summed E-state index contributed by atoms with van der Waals surface area (Å²) < 4.78 is 69.9. The maximum Gasteiger partial charge on any atom is 0.416 e. The number of likely N-dealkylation sites (tertiary alicyclic amines) is 1. The van der Waals surface area contributed by atoms with Crippen LogP contribution in [0, 0.1) is 18.7 Å². The zero-order valence-electron chi connectivity index (χ0n) is 27.3. The predicted octanol–water partition coefficient (Wildman–Crippen LogP) is 5.03. The van der Waals surface area contributed by atoms with Gasteiger partial charge in [-0.25, -0.2) is 19.3 Å². The molecule has 7 rings (SSSR count). The smallest absolute Gasteiger partial charge is 0.416 e. The van der Waals surface area contributed by atoms with Gasteiger partial charge < -0.3 is 19.9 Å². The molecule has 5 heterocycles. The summed E-state index contributed by atoms with van der Waals surface area (Å²) >= 11 is 6.10. The van der Waals surface area contributed by atoms with Gasteiger partial charge in [0.25, 0.3) is 11.5 Å². The lowest BCUT2D eigenvalue weighted by atomic mass is 9.73. The van der Waals surface area contributed by atoms with Crippen LogP contribution in [0.25, 0.3) is 17.2 Å². The standard InChI is InChI=1S/C33H27ClF5N9O4/c1-15-11-32(5-7-46(8-6-32)30(52)24-26(50)16(2)41-14-42-24)23-25(15)47(13-22(49)43-21-4-3-18(10-19(21)34)33(37,38)39)31-44-28(45-48(31)29(23)51)17-9-20(35)27(36)40-12-17/h3-4,9-10,12,14-15,50H,5-8,11,13H2,1-2H3,(H,43,49). The van der Waals surface area contributed by atoms with Gasteiger partial charge in [0.2, 0.25) is 17.6 Å². The highest BCUT2D eigenvalue weighted by atomic mass is 35.5. The largest absolute Gasteiger partial charge is 0.504 e. The molecule has 2 aliphatic rings. The summed E-state index contributed by atoms with van der Waals surface area (Å²) in [6.45, 7) is 3.30. The van der Waals surface area contributed by atoms with Crippen molar-refractivity contribution in [1.82, 2.24) is 39.0 Å². The van der Waals surface area contributed by atoms with Crippen molar-refractivity contribution in [1.29, 1.82) is 0 Å². The number of pyridine rings is 1. The first-order valence-corrected chi connectivity index (χ1v) is 16.3. The minimum absolute atomic E-state index is 0.0486. The van der Waals surface area contributed by atoms with Gasteiger partial charge in [0.15, 0.2) is 23.1 Å². The Labute approximate surface area is 295 Å². The van der Waals surface area contributed by atoms with Gasteiger partial charge >= 0.3 is 6.18 Å². The summed E-state index contributed by atoms with van der Waals surface area (Å²) in [7, 11) is 0. The number of amides is 2. The molecular formula is C33H27ClF5N9O4. The molecule has 1 spiro atoms. The van der Waals surface area contributed by atoms with Gasteiger partial charge in [-0.1, -0.05) is 18.5 Å². The fraction of sp³-hybridized carbons (Fsp3) is 0.333. The monoisotopic (exact) mass is 743 g/mol. The lowest BCUT2D eigenvalue weighted by molar-refractivity contribution is -0.137. The number of hydrogen-bond acceptors (Lipinski definition) is 9. The number of fused-ring (bicyclic) bond motifs is 3. The Morgan fingerprint density at radius 3 is 2.52 bits per heavy atom. The highest BCUT2D eigenvalue weighted by Crippen LogP contribution is 2.50. The normalized spacial score (nSPS) is 16.8. The molecule has 13 nitrogen and oxygen atoms in total. The maximum atomic E-state index is 14.4. The molecule has 0 bridgehead atoms. The quantitative estimate of drug-likeness (QED) is 0.186. The molecule has 1 saturated heterocycles. The number of benzene rings is 1. The SMILES string of the molecule is Cc1ncnc(C(=O)N2CCC3(CC2)CC(C)c2c3c(=O)n3nc(-c4cnc(F)c(F)c4)nc3n2CC(=O)Nc2ccc(C(F)(F)F)cc2Cl)c1O. The van der Waals surface area contributed by atoms with Crippen LogP contribution in [0.5, 0.6) is 5.75 Å². The number of aromatic hydroxyl groups is 1. The van der Waals surface area contributed by atoms with Gasteiger partial charge in [0.1, 0.15) is 12.9 Å². The van der Waals surface area contributed by atoms with Crippen LogP contribution in [0.3, 0.4) is 0 Å². The van der Waals surface area contributed by atoms with Gasteiger partial charge in [0.05, 0.1) is 22.0 Å². The van der Waals surface area contributed by atoms with E-state index in [2.05, 4.69) is 30.4 Å². The second-order valence-corrected chi connectivity index (χ2v) is 13.3. The molecule has 52 heavy (non-hydrogen) atoms. The zero-order valence-corrected chi connectivity index (χ0v) is 28.1. The summed E-state index contributed by atoms with van der Waals surface area (Å²) in [5.41, 5.74) is -1.60. The minimum Gasteiger partial charge on any atom is -0.504 e. The van der Waals surface area contributed by atoms with Crippen LogP contribution in [-0.2, 0) is 22.9 Å². The first kappa shape index (κ1) is 34.9. The van der Waals surface area contributed by atoms with Crippen LogP contribution >= 0.6 is 11.6 Å². The van der Waals surface area contributed by atoms with E-state index in [1.807, 2.05) is 6.92 Å². The van der Waals surface area contributed by atoms with Crippen LogP contribution in [-0.4, -0.2) is 69.0 Å². The average Bonchev–Trinajstić information content (AvgIpc) is 3.66. The Morgan fingerprint density at radius 1 is 1.12 bits per heavy atom. The molecule has 1 unspecified atom stereocenters. The van der Waals surface area contributed by atoms with Crippen LogP contribution < -0.4 is 10.9 Å². The Bertz CT molecular complexity index is 2360. The molecule has 270 valence electrons. The van der Waals surface area contributed by atoms with Crippen molar-refractivity contribution in [2.45, 2.75) is 57.2 Å². The van der Waals surface area contributed by atoms with E-state index in [0.717, 1.165) is 28.9 Å². The summed E-state index contributed by atoms with van der Waals surface area (Å²) in [6, 6.07) is 3.29. The molecular weight excluding hydrogens is 717 g/mol. The zero-order chi connectivity index (χ0) is 37.3. The van der Waals surface area contributed by atoms with Crippen molar-refractivity contribution in [2.75, 3.05) is 18.4 Å². The van der Waals surface area contributed by atoms with E-state index in [1.165, 1.54) is 15.8 Å². The molecule has 5 aromatic rings. The Balaban J connectivity index is 1.29. The lowest BCUT2D eigenvalue weighted by Crippen LogP contribution is -2.46. The number of nitrogens with one attached hydrogen (secondary N) is 1. The topological polar surface area (TPSA) is 160 Å². The average molecular weight is 744 g/mol. The molecule has 0 saturated carbocycles. The first-order valence-electron chi connectivity index (χ1n) is 15.9. The number of aromatic nitrogens is 7. The van der Waals surface area contributed by atoms with Crippen molar-refractivity contribution >= 4 is 34.9 Å². The molecule has 1 fully saturated rings. The van der Waals surface area contributed by atoms with E-state index in [9.17, 15) is 41.4 Å². The molecule has 2 N–H and O–H groups in total. The fourth-order valence-electron chi connectivity index (χ4n) is 7.18. The molecule has 1 aliphatic carbocycles. The number of anilines is 1. The van der Waals surface area contributed by atoms with Crippen LogP contribution in [0.4, 0.5) is 27.6 Å². The number of alkyl halides is 3. The number of piperidine rings is 1. The van der Waals surface area contributed by atoms with Gasteiger partial charge in [0, 0.05) is 41.5 Å². The summed E-state index contributed by atoms with van der Waals surface area (Å²) in [4.78, 5) is 58.4. The number of nitrogens with zero attached hydrogens (tertiary/aromatic N) is 8. The number of rotatable bonds is 5. The van der Waals surface area contributed by atoms with Crippen molar-refractivity contribution < 1.29 is 36.6 Å². The van der Waals surface area contributed by atoms with Crippen LogP contribution in [0.15, 0.2) is 41.6 Å². The molecule has 1 atom stereocenters. The number of carbonyl (C=O) groups is 2. The molecule has 0 radical (unpaired) electrons. The highest BCUT2D eigenvalue weighted by molar-refractivity contribution is 6.33. The van der Waals surface area contributed by atoms with E-state index >= 15 is 0 Å². The number of carbonyl (C=O) groups excluding carboxylic acids is 2. The predicted molar refractivity (Wildman–Crippen MR) is 174 cm³/mol. The second-order valence-electron chi connectivity index (χ2n) is 12.9. The Kier molecular flexibility index (Phi) is 8.46. The highest BCUT2D eigenvalue weighted by Gasteiger charge is 2.49. The minimum atomic E-state index is -4.66. The van der Waals surface area contributed by atoms with Crippen LogP contribution in [0.2, 0.25) is 5.02 Å². The van der Waals surface area contributed by atoms with E-state index in [4.69, 9.17) is 11.6 Å². The molecule has 2 amide bonds. The third-order valence-electron chi connectivity index (χ3n) is 9.62. The summed E-state index contributed by atoms with van der Waals surface area (Å²) in [5, 5.41) is 16.9. The third kappa shape index (κ3) is 5.89. The molecule has 4 aromatic heterocycles. The second kappa shape index (κ2) is 12.6. The van der Waals surface area contributed by atoms with E-state index < -0.39 is 52.8 Å². The maximum absolute atomic E-state index is 14.4. The summed E-state index contributed by atoms with van der Waals surface area (Å²) in [6.07, 6.45) is -1.39. The van der Waals surface area contributed by atoms with Gasteiger partial charge in [-0.3, -0.25) is 14.4 Å². The van der Waals surface area contributed by atoms with Crippen LogP contribution in [0.1, 0.15) is 65.1 Å². The lowest BCUT2D eigenvalue weighted by Gasteiger charge is -2.39. The number of hydrogen-bond donors (Lipinski definition) is 2. The van der Waals surface area contributed by atoms with E-state index in [-0.39, 0.29) is 64.0 Å². The van der Waals surface area contributed by atoms with E-state index in [1.54, 1.807) is 6.92 Å². The third-order valence-corrected chi connectivity index (χ3v) is 9.93. The Morgan fingerprint density at radius 2 is 1.85 bits per heavy atom. The summed E-state index contributed by atoms with van der Waals surface area (Å²) in [5.74, 6) is -4.81. The van der Waals surface area contributed by atoms with Gasteiger partial charge in [-0.15, -0.1) is 5.10 Å². The fourth-order valence-corrected chi connectivity index (χ4v) is 7.41. The molecule has 19 heteroatoms. The molecule has 1 aliphatic heterocycles. The van der Waals surface area contributed by atoms with Crippen molar-refractivity contribution in [2.24, 2.45) is 0 Å². The van der Waals surface area contributed by atoms with Gasteiger partial charge in [-0.2, -0.15) is 27.1 Å². The van der Waals surface area contributed by atoms with Crippen molar-refractivity contribution in [3.05, 3.63) is 92.1 Å². The van der Waals surface area contributed by atoms with Gasteiger partial charge in [-0.05, 0) is 56.4 Å². The van der Waals surface area contributed by atoms with E-state index in [0.29, 0.717) is 36.6 Å². The Hall–Kier alpha value is -5.52. The first-order chi connectivity index (χ1) is 24.6. The molecule has 1 aromatic carbocycles. The number of aryl methyl sites for hydroxylation is 1. The number of halogens is 6.